The second-order valence-electron chi connectivity index (χ2n) is 9.69. The largest absolute Gasteiger partial charge is 0.481 e. The number of benzene rings is 2. The number of rotatable bonds is 6. The van der Waals surface area contributed by atoms with E-state index in [1.165, 1.54) is 11.1 Å². The van der Waals surface area contributed by atoms with Crippen molar-refractivity contribution in [2.45, 2.75) is 51.7 Å². The standard InChI is InChI=1S/C28H34N2O3S/c1-3-25(28(32)29-13-15-34-16-14-29)33-23-10-9-20-11-12-30(27(31)21-7-8-21)26(24(20)18-23)22-6-4-5-19(2)17-22/h4-6,9-10,17-18,21,25-26H,3,7-8,11-16H2,1-2H3/t25-,26-/m0/s1. The molecule has 2 amide bonds. The highest BCUT2D eigenvalue weighted by Gasteiger charge is 2.39. The van der Waals surface area contributed by atoms with Crippen LogP contribution in [0, 0.1) is 12.8 Å². The Bertz CT molecular complexity index is 1060. The van der Waals surface area contributed by atoms with Crippen LogP contribution in [0.2, 0.25) is 0 Å². The quantitative estimate of drug-likeness (QED) is 0.608. The van der Waals surface area contributed by atoms with Gasteiger partial charge in [0.2, 0.25) is 5.91 Å². The van der Waals surface area contributed by atoms with E-state index in [1.54, 1.807) is 0 Å². The van der Waals surface area contributed by atoms with Gasteiger partial charge in [0.1, 0.15) is 5.75 Å². The van der Waals surface area contributed by atoms with Crippen molar-refractivity contribution < 1.29 is 14.3 Å². The zero-order valence-electron chi connectivity index (χ0n) is 20.2. The van der Waals surface area contributed by atoms with Crippen molar-refractivity contribution >= 4 is 23.6 Å². The van der Waals surface area contributed by atoms with E-state index in [9.17, 15) is 9.59 Å². The molecule has 0 N–H and O–H groups in total. The van der Waals surface area contributed by atoms with Crippen molar-refractivity contribution in [3.05, 3.63) is 64.7 Å². The van der Waals surface area contributed by atoms with Crippen molar-refractivity contribution in [2.75, 3.05) is 31.1 Å². The first-order valence-corrected chi connectivity index (χ1v) is 13.7. The second-order valence-corrected chi connectivity index (χ2v) is 10.9. The smallest absolute Gasteiger partial charge is 0.263 e. The van der Waals surface area contributed by atoms with Gasteiger partial charge in [0, 0.05) is 37.1 Å². The molecule has 1 saturated carbocycles. The number of hydrogen-bond donors (Lipinski definition) is 0. The van der Waals surface area contributed by atoms with E-state index in [1.807, 2.05) is 29.7 Å². The Morgan fingerprint density at radius 2 is 1.88 bits per heavy atom. The number of fused-ring (bicyclic) bond motifs is 1. The van der Waals surface area contributed by atoms with Crippen LogP contribution < -0.4 is 4.74 Å². The Labute approximate surface area is 206 Å². The van der Waals surface area contributed by atoms with E-state index in [0.29, 0.717) is 12.2 Å². The number of nitrogens with zero attached hydrogens (tertiary/aromatic N) is 2. The molecule has 34 heavy (non-hydrogen) atoms. The molecule has 1 aliphatic carbocycles. The lowest BCUT2D eigenvalue weighted by Gasteiger charge is -2.38. The van der Waals surface area contributed by atoms with E-state index >= 15 is 0 Å². The van der Waals surface area contributed by atoms with E-state index in [0.717, 1.165) is 61.5 Å². The SMILES string of the molecule is CC[C@H](Oc1ccc2c(c1)[C@H](c1cccc(C)c1)N(C(=O)C1CC1)CC2)C(=O)N1CCSCC1. The first kappa shape index (κ1) is 23.3. The van der Waals surface area contributed by atoms with Gasteiger partial charge in [0.05, 0.1) is 6.04 Å². The van der Waals surface area contributed by atoms with Gasteiger partial charge in [-0.05, 0) is 61.4 Å². The topological polar surface area (TPSA) is 49.9 Å². The van der Waals surface area contributed by atoms with E-state index < -0.39 is 6.10 Å². The Hall–Kier alpha value is -2.47. The van der Waals surface area contributed by atoms with Crippen LogP contribution in [0.4, 0.5) is 0 Å². The summed E-state index contributed by atoms with van der Waals surface area (Å²) in [6, 6.07) is 14.6. The summed E-state index contributed by atoms with van der Waals surface area (Å²) in [6.45, 7) is 6.42. The number of carbonyl (C=O) groups is 2. The second kappa shape index (κ2) is 10.0. The van der Waals surface area contributed by atoms with Crippen LogP contribution in [0.25, 0.3) is 0 Å². The summed E-state index contributed by atoms with van der Waals surface area (Å²) in [7, 11) is 0. The number of thioether (sulfide) groups is 1. The molecular formula is C28H34N2O3S. The minimum Gasteiger partial charge on any atom is -0.481 e. The highest BCUT2D eigenvalue weighted by atomic mass is 32.2. The first-order chi connectivity index (χ1) is 16.5. The molecule has 1 saturated heterocycles. The summed E-state index contributed by atoms with van der Waals surface area (Å²) in [4.78, 5) is 30.4. The Kier molecular flexibility index (Phi) is 6.87. The lowest BCUT2D eigenvalue weighted by atomic mass is 9.87. The molecule has 2 aliphatic heterocycles. The van der Waals surface area contributed by atoms with Crippen LogP contribution in [-0.4, -0.2) is 58.9 Å². The summed E-state index contributed by atoms with van der Waals surface area (Å²) in [5.74, 6) is 3.23. The molecule has 2 atom stereocenters. The van der Waals surface area contributed by atoms with E-state index in [4.69, 9.17) is 4.74 Å². The maximum Gasteiger partial charge on any atom is 0.263 e. The van der Waals surface area contributed by atoms with Crippen molar-refractivity contribution in [1.29, 1.82) is 0 Å². The van der Waals surface area contributed by atoms with Gasteiger partial charge in [0.25, 0.3) is 5.91 Å². The van der Waals surface area contributed by atoms with Crippen molar-refractivity contribution in [3.63, 3.8) is 0 Å². The van der Waals surface area contributed by atoms with Gasteiger partial charge in [-0.15, -0.1) is 0 Å². The summed E-state index contributed by atoms with van der Waals surface area (Å²) in [5.41, 5.74) is 4.71. The zero-order chi connectivity index (χ0) is 23.7. The third-order valence-corrected chi connectivity index (χ3v) is 8.10. The normalized spacial score (nSPS) is 21.1. The van der Waals surface area contributed by atoms with Crippen LogP contribution in [0.1, 0.15) is 54.5 Å². The molecule has 6 heteroatoms. The van der Waals surface area contributed by atoms with Crippen LogP contribution in [0.5, 0.6) is 5.75 Å². The number of aryl methyl sites for hydroxylation is 1. The van der Waals surface area contributed by atoms with Crippen molar-refractivity contribution in [3.8, 4) is 5.75 Å². The summed E-state index contributed by atoms with van der Waals surface area (Å²) in [5, 5.41) is 0. The van der Waals surface area contributed by atoms with Gasteiger partial charge in [0.15, 0.2) is 6.10 Å². The summed E-state index contributed by atoms with van der Waals surface area (Å²) >= 11 is 1.90. The first-order valence-electron chi connectivity index (χ1n) is 12.6. The number of amides is 2. The summed E-state index contributed by atoms with van der Waals surface area (Å²) < 4.78 is 6.31. The fourth-order valence-corrected chi connectivity index (χ4v) is 6.03. The lowest BCUT2D eigenvalue weighted by Crippen LogP contribution is -2.45. The molecule has 180 valence electrons. The van der Waals surface area contributed by atoms with E-state index in [-0.39, 0.29) is 23.8 Å². The number of hydrogen-bond acceptors (Lipinski definition) is 4. The molecule has 2 fully saturated rings. The maximum absolute atomic E-state index is 13.3. The third kappa shape index (κ3) is 4.83. The minimum atomic E-state index is -0.480. The molecular weight excluding hydrogens is 444 g/mol. The molecule has 0 radical (unpaired) electrons. The Morgan fingerprint density at radius 1 is 1.09 bits per heavy atom. The molecule has 2 aromatic rings. The molecule has 0 unspecified atom stereocenters. The van der Waals surface area contributed by atoms with Gasteiger partial charge in [-0.3, -0.25) is 9.59 Å². The molecule has 5 nitrogen and oxygen atoms in total. The molecule has 0 aromatic heterocycles. The average molecular weight is 479 g/mol. The maximum atomic E-state index is 13.3. The molecule has 0 bridgehead atoms. The van der Waals surface area contributed by atoms with Gasteiger partial charge < -0.3 is 14.5 Å². The third-order valence-electron chi connectivity index (χ3n) is 7.16. The van der Waals surface area contributed by atoms with Crippen LogP contribution >= 0.6 is 11.8 Å². The highest BCUT2D eigenvalue weighted by molar-refractivity contribution is 7.99. The van der Waals surface area contributed by atoms with Gasteiger partial charge in [-0.25, -0.2) is 0 Å². The van der Waals surface area contributed by atoms with E-state index in [2.05, 4.69) is 48.2 Å². The zero-order valence-corrected chi connectivity index (χ0v) is 21.0. The van der Waals surface area contributed by atoms with Gasteiger partial charge in [-0.2, -0.15) is 11.8 Å². The van der Waals surface area contributed by atoms with Gasteiger partial charge in [-0.1, -0.05) is 42.8 Å². The van der Waals surface area contributed by atoms with Crippen LogP contribution in [0.3, 0.4) is 0 Å². The Balaban J connectivity index is 1.45. The molecule has 2 heterocycles. The lowest BCUT2D eigenvalue weighted by molar-refractivity contribution is -0.138. The van der Waals surface area contributed by atoms with Gasteiger partial charge >= 0.3 is 0 Å². The molecule has 3 aliphatic rings. The molecule has 5 rings (SSSR count). The number of carbonyl (C=O) groups excluding carboxylic acids is 2. The minimum absolute atomic E-state index is 0.0845. The molecule has 0 spiro atoms. The van der Waals surface area contributed by atoms with Crippen LogP contribution in [0.15, 0.2) is 42.5 Å². The number of ether oxygens (including phenoxy) is 1. The van der Waals surface area contributed by atoms with Crippen molar-refractivity contribution in [1.82, 2.24) is 9.80 Å². The average Bonchev–Trinajstić information content (AvgIpc) is 3.72. The van der Waals surface area contributed by atoms with Crippen molar-refractivity contribution in [2.24, 2.45) is 5.92 Å². The highest BCUT2D eigenvalue weighted by Crippen LogP contribution is 2.41. The fourth-order valence-electron chi connectivity index (χ4n) is 5.13. The molecule has 2 aromatic carbocycles. The summed E-state index contributed by atoms with van der Waals surface area (Å²) in [6.07, 6.45) is 3.00. The Morgan fingerprint density at radius 3 is 2.59 bits per heavy atom. The predicted molar refractivity (Wildman–Crippen MR) is 136 cm³/mol. The monoisotopic (exact) mass is 478 g/mol. The predicted octanol–water partition coefficient (Wildman–Crippen LogP) is 4.61. The van der Waals surface area contributed by atoms with Crippen LogP contribution in [-0.2, 0) is 16.0 Å². The fraction of sp³-hybridized carbons (Fsp3) is 0.500.